The first-order valence-corrected chi connectivity index (χ1v) is 7.87. The number of carbonyl (C=O) groups is 1. The Morgan fingerprint density at radius 1 is 1.33 bits per heavy atom. The molecule has 0 aliphatic carbocycles. The Balaban J connectivity index is 1.56. The quantitative estimate of drug-likeness (QED) is 0.571. The van der Waals surface area contributed by atoms with Gasteiger partial charge >= 0.3 is 5.97 Å². The van der Waals surface area contributed by atoms with Crippen LogP contribution in [0.1, 0.15) is 21.7 Å². The molecule has 0 bridgehead atoms. The number of ether oxygens (including phenoxy) is 1. The van der Waals surface area contributed by atoms with Crippen LogP contribution in [-0.4, -0.2) is 20.3 Å². The number of H-pyrrole nitrogens is 1. The average Bonchev–Trinajstić information content (AvgIpc) is 3.14. The van der Waals surface area contributed by atoms with Gasteiger partial charge in [0.05, 0.1) is 10.7 Å². The summed E-state index contributed by atoms with van der Waals surface area (Å²) in [4.78, 5) is 19.8. The van der Waals surface area contributed by atoms with Crippen LogP contribution in [0, 0.1) is 6.92 Å². The number of aryl methyl sites for hydroxylation is 1. The van der Waals surface area contributed by atoms with Gasteiger partial charge in [0, 0.05) is 23.3 Å². The Labute approximate surface area is 142 Å². The lowest BCUT2D eigenvalue weighted by Crippen LogP contribution is -2.06. The highest BCUT2D eigenvalue weighted by atomic mass is 35.5. The maximum Gasteiger partial charge on any atom is 0.356 e. The number of nitrogens with zero attached hydrogens (tertiary/aromatic N) is 2. The van der Waals surface area contributed by atoms with Gasteiger partial charge in [-0.15, -0.1) is 0 Å². The monoisotopic (exact) mass is 339 g/mol. The summed E-state index contributed by atoms with van der Waals surface area (Å²) in [5.41, 5.74) is 3.64. The van der Waals surface area contributed by atoms with E-state index in [0.29, 0.717) is 10.7 Å². The number of aromatic amines is 1. The number of aromatic nitrogens is 3. The number of nitrogens with one attached hydrogen (secondary N) is 1. The van der Waals surface area contributed by atoms with Gasteiger partial charge in [0.25, 0.3) is 0 Å². The highest BCUT2D eigenvalue weighted by Gasteiger charge is 2.18. The molecule has 0 radical (unpaired) electrons. The van der Waals surface area contributed by atoms with E-state index in [-0.39, 0.29) is 12.3 Å². The molecule has 6 heteroatoms. The number of benzene rings is 1. The Hall–Kier alpha value is -2.79. The second-order valence-corrected chi connectivity index (χ2v) is 6.02. The van der Waals surface area contributed by atoms with E-state index < -0.39 is 5.97 Å². The summed E-state index contributed by atoms with van der Waals surface area (Å²) < 4.78 is 7.23. The molecule has 0 atom stereocenters. The van der Waals surface area contributed by atoms with E-state index in [1.165, 1.54) is 0 Å². The molecule has 4 rings (SSSR count). The Morgan fingerprint density at radius 2 is 2.21 bits per heavy atom. The summed E-state index contributed by atoms with van der Waals surface area (Å²) in [6, 6.07) is 11.5. The minimum Gasteiger partial charge on any atom is -0.454 e. The van der Waals surface area contributed by atoms with Crippen molar-refractivity contribution in [3.63, 3.8) is 0 Å². The van der Waals surface area contributed by atoms with Crippen LogP contribution >= 0.6 is 11.6 Å². The van der Waals surface area contributed by atoms with Crippen molar-refractivity contribution in [1.29, 1.82) is 0 Å². The summed E-state index contributed by atoms with van der Waals surface area (Å²) in [7, 11) is 0. The van der Waals surface area contributed by atoms with Crippen molar-refractivity contribution < 1.29 is 9.53 Å². The van der Waals surface area contributed by atoms with Crippen LogP contribution in [0.3, 0.4) is 0 Å². The van der Waals surface area contributed by atoms with Gasteiger partial charge in [0.2, 0.25) is 0 Å². The third-order valence-electron chi connectivity index (χ3n) is 3.86. The first-order valence-electron chi connectivity index (χ1n) is 7.49. The van der Waals surface area contributed by atoms with Crippen molar-refractivity contribution in [3.05, 3.63) is 70.8 Å². The van der Waals surface area contributed by atoms with E-state index in [4.69, 9.17) is 16.3 Å². The lowest BCUT2D eigenvalue weighted by Gasteiger charge is -2.01. The lowest BCUT2D eigenvalue weighted by atomic mass is 10.2. The lowest BCUT2D eigenvalue weighted by molar-refractivity contribution is 0.0462. The molecule has 0 unspecified atom stereocenters. The summed E-state index contributed by atoms with van der Waals surface area (Å²) in [6.45, 7) is 2.06. The Morgan fingerprint density at radius 3 is 3.04 bits per heavy atom. The number of fused-ring (bicyclic) bond motifs is 2. The molecule has 3 heterocycles. The van der Waals surface area contributed by atoms with Gasteiger partial charge < -0.3 is 14.1 Å². The van der Waals surface area contributed by atoms with Crippen molar-refractivity contribution in [2.24, 2.45) is 0 Å². The molecule has 0 saturated heterocycles. The van der Waals surface area contributed by atoms with Crippen molar-refractivity contribution in [3.8, 4) is 0 Å². The van der Waals surface area contributed by atoms with Gasteiger partial charge in [-0.05, 0) is 31.2 Å². The van der Waals surface area contributed by atoms with Crippen LogP contribution in [0.25, 0.3) is 16.6 Å². The minimum atomic E-state index is -0.495. The van der Waals surface area contributed by atoms with Gasteiger partial charge in [-0.1, -0.05) is 29.3 Å². The zero-order valence-electron chi connectivity index (χ0n) is 12.9. The van der Waals surface area contributed by atoms with Gasteiger partial charge in [0.15, 0.2) is 0 Å². The van der Waals surface area contributed by atoms with Crippen molar-refractivity contribution in [1.82, 2.24) is 14.4 Å². The van der Waals surface area contributed by atoms with Gasteiger partial charge in [-0.2, -0.15) is 0 Å². The third-order valence-corrected chi connectivity index (χ3v) is 4.25. The molecule has 0 aliphatic heterocycles. The average molecular weight is 340 g/mol. The minimum absolute atomic E-state index is 0.0885. The summed E-state index contributed by atoms with van der Waals surface area (Å²) in [5.74, 6) is -0.495. The summed E-state index contributed by atoms with van der Waals surface area (Å²) in [6.07, 6.45) is 3.73. The number of imidazole rings is 1. The van der Waals surface area contributed by atoms with Crippen molar-refractivity contribution in [2.75, 3.05) is 0 Å². The van der Waals surface area contributed by atoms with Gasteiger partial charge in [-0.25, -0.2) is 9.78 Å². The molecule has 4 aromatic rings. The second kappa shape index (κ2) is 5.69. The predicted octanol–water partition coefficient (Wildman–Crippen LogP) is 4.13. The van der Waals surface area contributed by atoms with E-state index in [2.05, 4.69) is 9.97 Å². The molecule has 1 N–H and O–H groups in total. The zero-order valence-corrected chi connectivity index (χ0v) is 13.7. The van der Waals surface area contributed by atoms with Crippen LogP contribution < -0.4 is 0 Å². The SMILES string of the molecule is Cc1ccc2[nH]c(C(=O)OCc3cn4ccccc4n3)c(Cl)c2c1. The van der Waals surface area contributed by atoms with Crippen LogP contribution in [0.15, 0.2) is 48.8 Å². The number of rotatable bonds is 3. The molecule has 0 aliphatic rings. The number of halogens is 1. The van der Waals surface area contributed by atoms with Gasteiger partial charge in [-0.3, -0.25) is 0 Å². The van der Waals surface area contributed by atoms with E-state index in [1.54, 1.807) is 0 Å². The Kier molecular flexibility index (Phi) is 3.50. The molecule has 0 amide bonds. The highest BCUT2D eigenvalue weighted by Crippen LogP contribution is 2.28. The molecule has 1 aromatic carbocycles. The van der Waals surface area contributed by atoms with E-state index in [9.17, 15) is 4.79 Å². The molecular weight excluding hydrogens is 326 g/mol. The first kappa shape index (κ1) is 14.8. The largest absolute Gasteiger partial charge is 0.454 e. The molecule has 0 spiro atoms. The topological polar surface area (TPSA) is 59.4 Å². The van der Waals surface area contributed by atoms with E-state index in [0.717, 1.165) is 22.1 Å². The van der Waals surface area contributed by atoms with Crippen molar-refractivity contribution in [2.45, 2.75) is 13.5 Å². The maximum atomic E-state index is 12.3. The summed E-state index contributed by atoms with van der Waals surface area (Å²) in [5, 5.41) is 1.20. The zero-order chi connectivity index (χ0) is 16.7. The van der Waals surface area contributed by atoms with Crippen LogP contribution in [0.2, 0.25) is 5.02 Å². The van der Waals surface area contributed by atoms with E-state index >= 15 is 0 Å². The number of hydrogen-bond acceptors (Lipinski definition) is 3. The normalized spacial score (nSPS) is 11.2. The van der Waals surface area contributed by atoms with E-state index in [1.807, 2.05) is 60.1 Å². The Bertz CT molecular complexity index is 1030. The molecule has 0 saturated carbocycles. The molecule has 24 heavy (non-hydrogen) atoms. The third kappa shape index (κ3) is 2.53. The second-order valence-electron chi connectivity index (χ2n) is 5.64. The molecular formula is C18H14ClN3O2. The molecule has 0 fully saturated rings. The highest BCUT2D eigenvalue weighted by molar-refractivity contribution is 6.38. The van der Waals surface area contributed by atoms with Crippen LogP contribution in [-0.2, 0) is 11.3 Å². The van der Waals surface area contributed by atoms with Crippen LogP contribution in [0.5, 0.6) is 0 Å². The van der Waals surface area contributed by atoms with Gasteiger partial charge in [0.1, 0.15) is 17.9 Å². The number of hydrogen-bond donors (Lipinski definition) is 1. The molecule has 120 valence electrons. The predicted molar refractivity (Wildman–Crippen MR) is 92.4 cm³/mol. The van der Waals surface area contributed by atoms with Crippen LogP contribution in [0.4, 0.5) is 0 Å². The molecule has 5 nitrogen and oxygen atoms in total. The fourth-order valence-electron chi connectivity index (χ4n) is 2.68. The smallest absolute Gasteiger partial charge is 0.356 e. The first-order chi connectivity index (χ1) is 11.6. The number of pyridine rings is 1. The molecule has 3 aromatic heterocycles. The fourth-order valence-corrected chi connectivity index (χ4v) is 2.96. The summed E-state index contributed by atoms with van der Waals surface area (Å²) >= 11 is 6.32. The number of carbonyl (C=O) groups excluding carboxylic acids is 1. The maximum absolute atomic E-state index is 12.3. The number of esters is 1. The standard InChI is InChI=1S/C18H14ClN3O2/c1-11-5-6-14-13(8-11)16(19)17(21-14)18(23)24-10-12-9-22-7-3-2-4-15(22)20-12/h2-9,21H,10H2,1H3. The fraction of sp³-hybridized carbons (Fsp3) is 0.111. The van der Waals surface area contributed by atoms with Crippen molar-refractivity contribution >= 4 is 34.1 Å².